The number of azo groups is 1. The van der Waals surface area contributed by atoms with Crippen molar-refractivity contribution in [3.05, 3.63) is 59.0 Å². The quantitative estimate of drug-likeness (QED) is 0.466. The molecule has 0 fully saturated rings. The van der Waals surface area contributed by atoms with Gasteiger partial charge in [0.05, 0.1) is 16.3 Å². The first-order chi connectivity index (χ1) is 10.9. The monoisotopic (exact) mass is 330 g/mol. The zero-order valence-electron chi connectivity index (χ0n) is 12.5. The van der Waals surface area contributed by atoms with Crippen LogP contribution in [0.4, 0.5) is 17.1 Å². The second-order valence-electron chi connectivity index (χ2n) is 4.75. The number of nitrogens with zero attached hydrogens (tertiary/aromatic N) is 6. The highest BCUT2D eigenvalue weighted by Crippen LogP contribution is 2.22. The summed E-state index contributed by atoms with van der Waals surface area (Å²) in [7, 11) is -0.0819. The van der Waals surface area contributed by atoms with E-state index in [0.717, 1.165) is 5.69 Å². The Labute approximate surface area is 133 Å². The molecule has 0 N–H and O–H groups in total. The van der Waals surface area contributed by atoms with Crippen molar-refractivity contribution in [2.75, 3.05) is 19.0 Å². The number of hydrogen-bond donors (Lipinski definition) is 0. The normalized spacial score (nSPS) is 11.2. The van der Waals surface area contributed by atoms with E-state index in [1.54, 1.807) is 0 Å². The Hall–Kier alpha value is -2.90. The van der Waals surface area contributed by atoms with E-state index < -0.39 is 10.0 Å². The third kappa shape index (κ3) is 4.29. The van der Waals surface area contributed by atoms with Gasteiger partial charge in [-0.05, 0) is 54.1 Å². The van der Waals surface area contributed by atoms with Crippen LogP contribution in [0.5, 0.6) is 0 Å². The van der Waals surface area contributed by atoms with Gasteiger partial charge in [0.2, 0.25) is 0 Å². The molecule has 0 aliphatic heterocycles. The molecule has 118 valence electrons. The predicted molar refractivity (Wildman–Crippen MR) is 87.7 cm³/mol. The summed E-state index contributed by atoms with van der Waals surface area (Å²) >= 11 is 0. The molecule has 0 aliphatic rings. The summed E-state index contributed by atoms with van der Waals surface area (Å²) in [6.45, 7) is 0. The lowest BCUT2D eigenvalue weighted by molar-refractivity contribution is 0.597. The molecule has 0 saturated heterocycles. The van der Waals surface area contributed by atoms with Crippen LogP contribution < -0.4 is 4.90 Å². The van der Waals surface area contributed by atoms with Crippen molar-refractivity contribution in [3.63, 3.8) is 0 Å². The number of sulfonamides is 1. The lowest BCUT2D eigenvalue weighted by Crippen LogP contribution is -2.07. The number of hydrogen-bond acceptors (Lipinski definition) is 5. The first kappa shape index (κ1) is 16.5. The first-order valence-electron chi connectivity index (χ1n) is 6.53. The molecule has 23 heavy (non-hydrogen) atoms. The fourth-order valence-electron chi connectivity index (χ4n) is 1.71. The van der Waals surface area contributed by atoms with Crippen LogP contribution in [0.25, 0.3) is 10.4 Å². The summed E-state index contributed by atoms with van der Waals surface area (Å²) in [5.74, 6) is 0. The highest BCUT2D eigenvalue weighted by molar-refractivity contribution is 7.90. The van der Waals surface area contributed by atoms with Crippen LogP contribution in [-0.4, -0.2) is 22.5 Å². The second-order valence-corrected chi connectivity index (χ2v) is 6.34. The van der Waals surface area contributed by atoms with Crippen LogP contribution in [0.15, 0.2) is 68.2 Å². The van der Waals surface area contributed by atoms with Gasteiger partial charge in [-0.2, -0.15) is 10.2 Å². The van der Waals surface area contributed by atoms with Gasteiger partial charge in [-0.15, -0.1) is 0 Å². The Kier molecular flexibility index (Phi) is 4.95. The zero-order valence-corrected chi connectivity index (χ0v) is 13.3. The van der Waals surface area contributed by atoms with Gasteiger partial charge in [-0.3, -0.25) is 0 Å². The Morgan fingerprint density at radius 1 is 0.913 bits per heavy atom. The van der Waals surface area contributed by atoms with E-state index in [-0.39, 0.29) is 4.90 Å². The van der Waals surface area contributed by atoms with Gasteiger partial charge in [-0.1, -0.05) is 0 Å². The summed E-state index contributed by atoms with van der Waals surface area (Å²) < 4.78 is 25.8. The van der Waals surface area contributed by atoms with Crippen molar-refractivity contribution < 1.29 is 8.42 Å². The third-order valence-corrected chi connectivity index (χ3v) is 4.08. The van der Waals surface area contributed by atoms with Crippen LogP contribution in [0, 0.1) is 0 Å². The third-order valence-electron chi connectivity index (χ3n) is 2.93. The van der Waals surface area contributed by atoms with E-state index in [0.29, 0.717) is 11.4 Å². The van der Waals surface area contributed by atoms with Gasteiger partial charge < -0.3 is 4.90 Å². The second kappa shape index (κ2) is 6.91. The van der Waals surface area contributed by atoms with Crippen LogP contribution in [0.3, 0.4) is 0 Å². The summed E-state index contributed by atoms with van der Waals surface area (Å²) in [6, 6.07) is 13.1. The largest absolute Gasteiger partial charge is 0.378 e. The molecular formula is C14H14N6O2S. The lowest BCUT2D eigenvalue weighted by Gasteiger charge is -2.11. The molecule has 9 heteroatoms. The van der Waals surface area contributed by atoms with Gasteiger partial charge in [0.25, 0.3) is 10.0 Å². The molecular weight excluding hydrogens is 316 g/mol. The minimum Gasteiger partial charge on any atom is -0.378 e. The topological polar surface area (TPSA) is 111 Å². The maximum Gasteiger partial charge on any atom is 0.264 e. The van der Waals surface area contributed by atoms with Crippen molar-refractivity contribution in [1.29, 1.82) is 0 Å². The molecule has 2 rings (SSSR count). The summed E-state index contributed by atoms with van der Waals surface area (Å²) in [5.41, 5.74) is 10.4. The highest BCUT2D eigenvalue weighted by Gasteiger charge is 2.11. The minimum atomic E-state index is -3.98. The molecule has 0 saturated carbocycles. The van der Waals surface area contributed by atoms with E-state index >= 15 is 0 Å². The average molecular weight is 330 g/mol. The Morgan fingerprint density at radius 2 is 1.39 bits per heavy atom. The summed E-state index contributed by atoms with van der Waals surface area (Å²) in [6.07, 6.45) is 0. The van der Waals surface area contributed by atoms with Crippen LogP contribution in [0.2, 0.25) is 0 Å². The SMILES string of the molecule is CN(C)c1ccc(N=Nc2ccc(S(=O)(=O)N=[N+]=[N-])cc2)cc1. The summed E-state index contributed by atoms with van der Waals surface area (Å²) in [5, 5.41) is 8.11. The van der Waals surface area contributed by atoms with E-state index in [1.165, 1.54) is 24.3 Å². The summed E-state index contributed by atoms with van der Waals surface area (Å²) in [4.78, 5) is 4.18. The molecule has 0 aromatic heterocycles. The van der Waals surface area contributed by atoms with Crippen LogP contribution in [0.1, 0.15) is 0 Å². The molecule has 0 unspecified atom stereocenters. The molecule has 2 aromatic rings. The number of rotatable bonds is 5. The highest BCUT2D eigenvalue weighted by atomic mass is 32.2. The Balaban J connectivity index is 2.16. The van der Waals surface area contributed by atoms with Crippen molar-refractivity contribution in [3.8, 4) is 0 Å². The van der Waals surface area contributed by atoms with Gasteiger partial charge in [0.15, 0.2) is 0 Å². The minimum absolute atomic E-state index is 0.0930. The lowest BCUT2D eigenvalue weighted by atomic mass is 10.3. The maximum absolute atomic E-state index is 11.5. The molecule has 0 amide bonds. The molecule has 0 radical (unpaired) electrons. The van der Waals surface area contributed by atoms with Gasteiger partial charge in [0, 0.05) is 29.2 Å². The van der Waals surface area contributed by atoms with Gasteiger partial charge in [-0.25, -0.2) is 8.42 Å². The van der Waals surface area contributed by atoms with Crippen molar-refractivity contribution in [1.82, 2.24) is 0 Å². The van der Waals surface area contributed by atoms with Crippen molar-refractivity contribution in [2.24, 2.45) is 14.7 Å². The first-order valence-corrected chi connectivity index (χ1v) is 7.97. The zero-order chi connectivity index (χ0) is 16.9. The average Bonchev–Trinajstić information content (AvgIpc) is 2.53. The van der Waals surface area contributed by atoms with E-state index in [4.69, 9.17) is 5.53 Å². The van der Waals surface area contributed by atoms with Gasteiger partial charge in [0.1, 0.15) is 0 Å². The number of benzene rings is 2. The molecule has 0 heterocycles. The standard InChI is InChI=1S/C14H14N6O2S/c1-20(2)13-7-3-11(4-8-13)16-17-12-5-9-14(10-6-12)23(21,22)19-18-15/h3-10H,1-2H3. The molecule has 0 bridgehead atoms. The van der Waals surface area contributed by atoms with Crippen LogP contribution in [-0.2, 0) is 10.0 Å². The predicted octanol–water partition coefficient (Wildman–Crippen LogP) is 4.17. The molecule has 0 spiro atoms. The van der Waals surface area contributed by atoms with Crippen LogP contribution >= 0.6 is 0 Å². The molecule has 0 aliphatic carbocycles. The van der Waals surface area contributed by atoms with E-state index in [2.05, 4.69) is 19.7 Å². The smallest absolute Gasteiger partial charge is 0.264 e. The Morgan fingerprint density at radius 3 is 1.83 bits per heavy atom. The number of anilines is 1. The van der Waals surface area contributed by atoms with E-state index in [1.807, 2.05) is 43.3 Å². The fraction of sp³-hybridized carbons (Fsp3) is 0.143. The van der Waals surface area contributed by atoms with Gasteiger partial charge >= 0.3 is 0 Å². The fourth-order valence-corrected chi connectivity index (χ4v) is 2.38. The van der Waals surface area contributed by atoms with Crippen molar-refractivity contribution in [2.45, 2.75) is 4.90 Å². The maximum atomic E-state index is 11.5. The molecule has 0 atom stereocenters. The molecule has 8 nitrogen and oxygen atoms in total. The van der Waals surface area contributed by atoms with Crippen molar-refractivity contribution >= 4 is 27.1 Å². The van der Waals surface area contributed by atoms with E-state index in [9.17, 15) is 8.42 Å². The number of azide groups is 1. The molecule has 2 aromatic carbocycles. The Bertz CT molecular complexity index is 851.